The Labute approximate surface area is 207 Å². The van der Waals surface area contributed by atoms with E-state index in [1.165, 1.54) is 28.9 Å². The predicted molar refractivity (Wildman–Crippen MR) is 133 cm³/mol. The summed E-state index contributed by atoms with van der Waals surface area (Å²) < 4.78 is 29.6. The molecule has 0 spiro atoms. The minimum Gasteiger partial charge on any atom is -0.350 e. The Balaban J connectivity index is 0.00000145. The molecule has 196 valence electrons. The van der Waals surface area contributed by atoms with Gasteiger partial charge in [-0.1, -0.05) is 48.5 Å². The van der Waals surface area contributed by atoms with E-state index in [1.807, 2.05) is 48.5 Å². The Morgan fingerprint density at radius 1 is 1.17 bits per heavy atom. The van der Waals surface area contributed by atoms with E-state index in [9.17, 15) is 18.4 Å². The van der Waals surface area contributed by atoms with E-state index in [-0.39, 0.29) is 29.7 Å². The maximum Gasteiger partial charge on any atom is 0.243 e. The lowest BCUT2D eigenvalue weighted by molar-refractivity contribution is -0.141. The van der Waals surface area contributed by atoms with Gasteiger partial charge in [0.2, 0.25) is 11.8 Å². The molecule has 1 aliphatic heterocycles. The lowest BCUT2D eigenvalue weighted by Crippen LogP contribution is -2.54. The van der Waals surface area contributed by atoms with Gasteiger partial charge in [0.15, 0.2) is 11.6 Å². The molecule has 0 aliphatic carbocycles. The molecule has 2 amide bonds. The van der Waals surface area contributed by atoms with Gasteiger partial charge in [-0.2, -0.15) is 5.10 Å². The lowest BCUT2D eigenvalue weighted by atomic mass is 9.86. The normalized spacial score (nSPS) is 16.0. The molecule has 3 N–H and O–H groups in total. The summed E-state index contributed by atoms with van der Waals surface area (Å²) in [5, 5.41) is 6.48. The summed E-state index contributed by atoms with van der Waals surface area (Å²) in [6.07, 6.45) is 3.62. The number of likely N-dealkylation sites (tertiary alicyclic amines) is 1. The van der Waals surface area contributed by atoms with E-state index in [2.05, 4.69) is 15.4 Å². The van der Waals surface area contributed by atoms with Crippen molar-refractivity contribution in [1.29, 1.82) is 0 Å². The van der Waals surface area contributed by atoms with Crippen LogP contribution in [0.2, 0.25) is 0 Å². The van der Waals surface area contributed by atoms with E-state index in [0.717, 1.165) is 6.20 Å². The van der Waals surface area contributed by atoms with E-state index < -0.39 is 29.1 Å². The first-order valence-electron chi connectivity index (χ1n) is 12.2. The summed E-state index contributed by atoms with van der Waals surface area (Å²) in [6.45, 7) is 14.1. The summed E-state index contributed by atoms with van der Waals surface area (Å²) in [5.74, 6) is -1.97. The van der Waals surface area contributed by atoms with Gasteiger partial charge in [-0.15, -0.1) is 0 Å². The fourth-order valence-electron chi connectivity index (χ4n) is 3.58. The molecule has 0 saturated carbocycles. The van der Waals surface area contributed by atoms with Gasteiger partial charge in [0.25, 0.3) is 0 Å². The van der Waals surface area contributed by atoms with Gasteiger partial charge in [0, 0.05) is 26.3 Å². The van der Waals surface area contributed by atoms with E-state index in [4.69, 9.17) is 5.73 Å². The average molecular weight is 495 g/mol. The van der Waals surface area contributed by atoms with Gasteiger partial charge in [0.05, 0.1) is 12.2 Å². The van der Waals surface area contributed by atoms with Crippen molar-refractivity contribution in [2.75, 3.05) is 6.54 Å². The summed E-state index contributed by atoms with van der Waals surface area (Å²) in [6, 6.07) is -0.122. The van der Waals surface area contributed by atoms with Crippen LogP contribution < -0.4 is 11.1 Å². The molecule has 2 unspecified atom stereocenters. The van der Waals surface area contributed by atoms with Crippen molar-refractivity contribution < 1.29 is 18.4 Å². The number of halogens is 2. The average Bonchev–Trinajstić information content (AvgIpc) is 3.45. The van der Waals surface area contributed by atoms with Gasteiger partial charge >= 0.3 is 0 Å². The van der Waals surface area contributed by atoms with Crippen LogP contribution in [0.3, 0.4) is 0 Å². The highest BCUT2D eigenvalue weighted by Crippen LogP contribution is 2.25. The first-order chi connectivity index (χ1) is 16.5. The molecule has 2 aromatic rings. The Morgan fingerprint density at radius 2 is 1.80 bits per heavy atom. The number of nitrogens with two attached hydrogens (primary N) is 1. The molecule has 1 fully saturated rings. The number of carbonyl (C=O) groups is 2. The first-order valence-corrected chi connectivity index (χ1v) is 12.2. The van der Waals surface area contributed by atoms with Crippen molar-refractivity contribution in [3.63, 3.8) is 0 Å². The van der Waals surface area contributed by atoms with Crippen LogP contribution in [-0.2, 0) is 23.2 Å². The number of pyridine rings is 1. The van der Waals surface area contributed by atoms with Gasteiger partial charge in [-0.05, 0) is 29.9 Å². The third-order valence-electron chi connectivity index (χ3n) is 5.52. The fourth-order valence-corrected chi connectivity index (χ4v) is 3.58. The van der Waals surface area contributed by atoms with Crippen LogP contribution >= 0.6 is 0 Å². The zero-order valence-corrected chi connectivity index (χ0v) is 22.2. The Hall–Kier alpha value is -2.88. The van der Waals surface area contributed by atoms with Crippen molar-refractivity contribution >= 4 is 11.8 Å². The molecule has 3 rings (SSSR count). The Kier molecular flexibility index (Phi) is 11.4. The minimum atomic E-state index is -0.719. The largest absolute Gasteiger partial charge is 0.350 e. The topological polar surface area (TPSA) is 106 Å². The van der Waals surface area contributed by atoms with Crippen LogP contribution in [0.5, 0.6) is 0 Å². The highest BCUT2D eigenvalue weighted by Gasteiger charge is 2.39. The third kappa shape index (κ3) is 7.30. The summed E-state index contributed by atoms with van der Waals surface area (Å²) in [7, 11) is 1.49. The predicted octanol–water partition coefficient (Wildman–Crippen LogP) is 3.79. The van der Waals surface area contributed by atoms with E-state index in [0.29, 0.717) is 24.9 Å². The molecule has 0 bridgehead atoms. The van der Waals surface area contributed by atoms with Gasteiger partial charge in [-0.25, -0.2) is 8.78 Å². The Bertz CT molecular complexity index is 967. The standard InChI is InChI=1S/C21H28F2N6O2.2C2H6/c1-21(2,3)18(24)20(31)29-7-5-6-15(29)19(30)26-10-12-8-13(22)16(25-9-12)17-14(23)11-27-28(17)4;2*1-2/h8-9,11,15,18H,5-7,10,24H2,1-4H3,(H,26,30);2*1-2H3. The molecular weight excluding hydrogens is 454 g/mol. The molecular formula is C25H40F2N6O2. The number of aromatic nitrogens is 3. The number of nitrogens with zero attached hydrogens (tertiary/aromatic N) is 4. The van der Waals surface area contributed by atoms with E-state index >= 15 is 0 Å². The molecule has 0 aromatic carbocycles. The third-order valence-corrected chi connectivity index (χ3v) is 5.52. The highest BCUT2D eigenvalue weighted by atomic mass is 19.1. The number of amides is 2. The first kappa shape index (κ1) is 30.2. The number of hydrogen-bond donors (Lipinski definition) is 2. The second-order valence-electron chi connectivity index (χ2n) is 8.89. The maximum atomic E-state index is 14.5. The zero-order valence-electron chi connectivity index (χ0n) is 22.2. The molecule has 1 saturated heterocycles. The van der Waals surface area contributed by atoms with Crippen molar-refractivity contribution in [1.82, 2.24) is 25.0 Å². The quantitative estimate of drug-likeness (QED) is 0.658. The number of rotatable bonds is 5. The fraction of sp³-hybridized carbons (Fsp3) is 0.600. The number of aryl methyl sites for hydroxylation is 1. The molecule has 1 aliphatic rings. The van der Waals surface area contributed by atoms with Crippen molar-refractivity contribution in [2.24, 2.45) is 18.2 Å². The molecule has 2 atom stereocenters. The van der Waals surface area contributed by atoms with Crippen LogP contribution in [0, 0.1) is 17.0 Å². The molecule has 0 radical (unpaired) electrons. The molecule has 3 heterocycles. The van der Waals surface area contributed by atoms with Crippen molar-refractivity contribution in [3.05, 3.63) is 35.7 Å². The minimum absolute atomic E-state index is 0.0285. The molecule has 10 heteroatoms. The van der Waals surface area contributed by atoms with Crippen LogP contribution in [0.1, 0.15) is 66.9 Å². The second-order valence-corrected chi connectivity index (χ2v) is 8.89. The zero-order chi connectivity index (χ0) is 26.9. The van der Waals surface area contributed by atoms with Crippen molar-refractivity contribution in [2.45, 2.75) is 79.9 Å². The van der Waals surface area contributed by atoms with Crippen LogP contribution in [-0.4, -0.2) is 50.1 Å². The lowest BCUT2D eigenvalue weighted by Gasteiger charge is -2.32. The Morgan fingerprint density at radius 3 is 2.31 bits per heavy atom. The summed E-state index contributed by atoms with van der Waals surface area (Å²) in [4.78, 5) is 31.0. The maximum absolute atomic E-state index is 14.5. The van der Waals surface area contributed by atoms with Crippen LogP contribution in [0.15, 0.2) is 18.5 Å². The molecule has 2 aromatic heterocycles. The smallest absolute Gasteiger partial charge is 0.243 e. The number of nitrogens with one attached hydrogen (secondary N) is 1. The van der Waals surface area contributed by atoms with E-state index in [1.54, 1.807) is 0 Å². The summed E-state index contributed by atoms with van der Waals surface area (Å²) >= 11 is 0. The monoisotopic (exact) mass is 494 g/mol. The van der Waals surface area contributed by atoms with Gasteiger partial charge in [-0.3, -0.25) is 19.3 Å². The SMILES string of the molecule is CC.CC.Cn1ncc(F)c1-c1ncc(CNC(=O)C2CCCN2C(=O)C(N)C(C)(C)C)cc1F. The van der Waals surface area contributed by atoms with Crippen molar-refractivity contribution in [3.8, 4) is 11.4 Å². The van der Waals surface area contributed by atoms with Crippen LogP contribution in [0.4, 0.5) is 8.78 Å². The van der Waals surface area contributed by atoms with Crippen LogP contribution in [0.25, 0.3) is 11.4 Å². The summed E-state index contributed by atoms with van der Waals surface area (Å²) in [5.41, 5.74) is 5.88. The number of hydrogen-bond acceptors (Lipinski definition) is 5. The van der Waals surface area contributed by atoms with Gasteiger partial charge < -0.3 is 16.0 Å². The second kappa shape index (κ2) is 13.3. The molecule has 35 heavy (non-hydrogen) atoms. The molecule has 8 nitrogen and oxygen atoms in total. The number of carbonyl (C=O) groups excluding carboxylic acids is 2. The highest BCUT2D eigenvalue weighted by molar-refractivity contribution is 5.90. The van der Waals surface area contributed by atoms with Gasteiger partial charge in [0.1, 0.15) is 17.4 Å².